The molecule has 0 aromatic carbocycles. The van der Waals surface area contributed by atoms with Gasteiger partial charge in [0.2, 0.25) is 0 Å². The molecule has 2 rings (SSSR count). The number of rotatable bonds is 3. The smallest absolute Gasteiger partial charge is 0.317 e. The minimum atomic E-state index is -0.762. The van der Waals surface area contributed by atoms with Crippen molar-refractivity contribution in [1.82, 2.24) is 9.80 Å². The van der Waals surface area contributed by atoms with Crippen LogP contribution in [0.3, 0.4) is 0 Å². The van der Waals surface area contributed by atoms with Crippen LogP contribution in [-0.4, -0.2) is 50.3 Å². The molecule has 96 valence electrons. The van der Waals surface area contributed by atoms with Crippen LogP contribution in [0.15, 0.2) is 0 Å². The van der Waals surface area contributed by atoms with Crippen LogP contribution in [0.5, 0.6) is 0 Å². The number of carboxylic acids is 1. The Morgan fingerprint density at radius 3 is 2.76 bits per heavy atom. The third-order valence-corrected chi connectivity index (χ3v) is 4.90. The van der Waals surface area contributed by atoms with Crippen molar-refractivity contribution in [3.05, 3.63) is 0 Å². The van der Waals surface area contributed by atoms with Crippen LogP contribution >= 0.6 is 24.0 Å². The van der Waals surface area contributed by atoms with Crippen molar-refractivity contribution in [1.29, 1.82) is 0 Å². The van der Waals surface area contributed by atoms with E-state index in [9.17, 15) is 4.79 Å². The zero-order chi connectivity index (χ0) is 12.3. The largest absolute Gasteiger partial charge is 0.480 e. The lowest BCUT2D eigenvalue weighted by atomic mass is 9.95. The number of nitrogens with zero attached hydrogens (tertiary/aromatic N) is 2. The van der Waals surface area contributed by atoms with Gasteiger partial charge in [0.15, 0.2) is 0 Å². The number of thioether (sulfide) groups is 1. The van der Waals surface area contributed by atoms with E-state index in [0.717, 1.165) is 4.32 Å². The first-order valence-electron chi connectivity index (χ1n) is 6.04. The third kappa shape index (κ3) is 3.56. The monoisotopic (exact) mass is 274 g/mol. The summed E-state index contributed by atoms with van der Waals surface area (Å²) in [6.45, 7) is 0.793. The maximum absolute atomic E-state index is 10.7. The van der Waals surface area contributed by atoms with Gasteiger partial charge < -0.3 is 10.0 Å². The van der Waals surface area contributed by atoms with Gasteiger partial charge in [0.1, 0.15) is 4.32 Å². The number of aliphatic carboxylic acids is 1. The van der Waals surface area contributed by atoms with E-state index in [2.05, 4.69) is 4.90 Å². The van der Waals surface area contributed by atoms with Crippen LogP contribution in [0, 0.1) is 0 Å². The maximum Gasteiger partial charge on any atom is 0.317 e. The Bertz CT molecular complexity index is 306. The highest BCUT2D eigenvalue weighted by atomic mass is 32.2. The lowest BCUT2D eigenvalue weighted by Crippen LogP contribution is -2.51. The second kappa shape index (κ2) is 6.02. The van der Waals surface area contributed by atoms with E-state index in [0.29, 0.717) is 18.6 Å². The topological polar surface area (TPSA) is 43.8 Å². The van der Waals surface area contributed by atoms with Crippen molar-refractivity contribution in [2.45, 2.75) is 38.1 Å². The molecule has 2 fully saturated rings. The normalized spacial score (nSPS) is 24.0. The molecular formula is C11H18N2O2S2. The second-order valence-electron chi connectivity index (χ2n) is 4.67. The van der Waals surface area contributed by atoms with Crippen molar-refractivity contribution < 1.29 is 9.90 Å². The molecule has 0 amide bonds. The lowest BCUT2D eigenvalue weighted by molar-refractivity contribution is -0.138. The molecule has 4 nitrogen and oxygen atoms in total. The Morgan fingerprint density at radius 2 is 2.12 bits per heavy atom. The fourth-order valence-electron chi connectivity index (χ4n) is 2.49. The Balaban J connectivity index is 1.93. The van der Waals surface area contributed by atoms with Crippen molar-refractivity contribution in [3.8, 4) is 0 Å². The van der Waals surface area contributed by atoms with Crippen LogP contribution in [0.4, 0.5) is 0 Å². The van der Waals surface area contributed by atoms with Gasteiger partial charge in [0, 0.05) is 6.04 Å². The minimum absolute atomic E-state index is 0.110. The quantitative estimate of drug-likeness (QED) is 0.794. The number of hydrogen-bond acceptors (Lipinski definition) is 4. The zero-order valence-corrected chi connectivity index (χ0v) is 11.4. The highest BCUT2D eigenvalue weighted by molar-refractivity contribution is 8.22. The Kier molecular flexibility index (Phi) is 4.64. The van der Waals surface area contributed by atoms with Gasteiger partial charge in [-0.15, -0.1) is 0 Å². The molecule has 0 bridgehead atoms. The van der Waals surface area contributed by atoms with Crippen molar-refractivity contribution >= 4 is 34.3 Å². The summed E-state index contributed by atoms with van der Waals surface area (Å²) in [7, 11) is 0. The van der Waals surface area contributed by atoms with Crippen LogP contribution in [0.2, 0.25) is 0 Å². The molecule has 6 heteroatoms. The van der Waals surface area contributed by atoms with E-state index < -0.39 is 5.97 Å². The molecule has 0 aromatic rings. The van der Waals surface area contributed by atoms with Crippen LogP contribution in [0.1, 0.15) is 32.1 Å². The summed E-state index contributed by atoms with van der Waals surface area (Å²) in [5.74, 6) is -0.0593. The van der Waals surface area contributed by atoms with E-state index in [4.69, 9.17) is 17.3 Å². The van der Waals surface area contributed by atoms with Gasteiger partial charge in [-0.25, -0.2) is 0 Å². The highest BCUT2D eigenvalue weighted by Gasteiger charge is 2.29. The summed E-state index contributed by atoms with van der Waals surface area (Å²) in [5, 5.41) is 8.83. The van der Waals surface area contributed by atoms with E-state index in [1.165, 1.54) is 32.1 Å². The molecule has 0 unspecified atom stereocenters. The van der Waals surface area contributed by atoms with Gasteiger partial charge in [0.25, 0.3) is 0 Å². The van der Waals surface area contributed by atoms with Gasteiger partial charge in [-0.2, -0.15) is 0 Å². The van der Waals surface area contributed by atoms with Crippen LogP contribution in [-0.2, 0) is 4.79 Å². The second-order valence-corrected chi connectivity index (χ2v) is 6.24. The van der Waals surface area contributed by atoms with Gasteiger partial charge >= 0.3 is 5.97 Å². The summed E-state index contributed by atoms with van der Waals surface area (Å²) in [4.78, 5) is 14.9. The number of hydrogen-bond donors (Lipinski definition) is 1. The minimum Gasteiger partial charge on any atom is -0.480 e. The van der Waals surface area contributed by atoms with E-state index in [1.807, 2.05) is 4.90 Å². The number of carbonyl (C=O) groups is 1. The van der Waals surface area contributed by atoms with Crippen molar-refractivity contribution in [3.63, 3.8) is 0 Å². The molecule has 1 aliphatic heterocycles. The molecule has 0 atom stereocenters. The summed E-state index contributed by atoms with van der Waals surface area (Å²) in [6, 6.07) is 0.528. The van der Waals surface area contributed by atoms with Crippen LogP contribution in [0.25, 0.3) is 0 Å². The van der Waals surface area contributed by atoms with Gasteiger partial charge in [-0.1, -0.05) is 43.2 Å². The summed E-state index contributed by atoms with van der Waals surface area (Å²) in [5.41, 5.74) is 0. The van der Waals surface area contributed by atoms with Crippen molar-refractivity contribution in [2.24, 2.45) is 0 Å². The fourth-order valence-corrected chi connectivity index (χ4v) is 3.69. The first kappa shape index (κ1) is 13.1. The fraction of sp³-hybridized carbons (Fsp3) is 0.818. The molecule has 0 aromatic heterocycles. The number of thiocarbonyl (C=S) groups is 1. The molecule has 2 aliphatic rings. The lowest BCUT2D eigenvalue weighted by Gasteiger charge is -2.42. The Morgan fingerprint density at radius 1 is 1.41 bits per heavy atom. The predicted molar refractivity (Wildman–Crippen MR) is 73.0 cm³/mol. The molecule has 1 heterocycles. The van der Waals surface area contributed by atoms with Gasteiger partial charge in [0.05, 0.1) is 19.1 Å². The van der Waals surface area contributed by atoms with Gasteiger partial charge in [-0.3, -0.25) is 9.69 Å². The van der Waals surface area contributed by atoms with Crippen LogP contribution < -0.4 is 0 Å². The molecular weight excluding hydrogens is 256 g/mol. The summed E-state index contributed by atoms with van der Waals surface area (Å²) >= 11 is 6.98. The highest BCUT2D eigenvalue weighted by Crippen LogP contribution is 2.28. The molecule has 1 N–H and O–H groups in total. The van der Waals surface area contributed by atoms with Crippen molar-refractivity contribution in [2.75, 3.05) is 19.1 Å². The average molecular weight is 274 g/mol. The Labute approximate surface area is 111 Å². The van der Waals surface area contributed by atoms with Gasteiger partial charge in [-0.05, 0) is 12.8 Å². The summed E-state index contributed by atoms with van der Waals surface area (Å²) in [6.07, 6.45) is 6.26. The first-order valence-corrected chi connectivity index (χ1v) is 7.44. The molecule has 1 saturated carbocycles. The standard InChI is InChI=1S/C11H18N2O2S2/c14-10(15)6-12-7-13(11(16)17-8-12)9-4-2-1-3-5-9/h9H,1-8H2,(H,14,15). The maximum atomic E-state index is 10.7. The van der Waals surface area contributed by atoms with E-state index in [1.54, 1.807) is 11.8 Å². The Hall–Kier alpha value is -0.330. The molecule has 0 radical (unpaired) electrons. The molecule has 1 aliphatic carbocycles. The number of carboxylic acid groups (broad SMARTS) is 1. The summed E-state index contributed by atoms with van der Waals surface area (Å²) < 4.78 is 0.943. The molecule has 17 heavy (non-hydrogen) atoms. The predicted octanol–water partition coefficient (Wildman–Crippen LogP) is 1.95. The SMILES string of the molecule is O=C(O)CN1CSC(=S)N(C2CCCCC2)C1. The average Bonchev–Trinajstić information content (AvgIpc) is 2.32. The third-order valence-electron chi connectivity index (χ3n) is 3.33. The van der Waals surface area contributed by atoms with E-state index in [-0.39, 0.29) is 6.54 Å². The molecule has 0 spiro atoms. The van der Waals surface area contributed by atoms with E-state index >= 15 is 0 Å². The first-order chi connectivity index (χ1) is 8.16. The molecule has 1 saturated heterocycles. The zero-order valence-electron chi connectivity index (χ0n) is 9.80.